The molecule has 0 aliphatic heterocycles. The zero-order chi connectivity index (χ0) is 15.2. The Bertz CT molecular complexity index is 678. The van der Waals surface area contributed by atoms with Crippen molar-refractivity contribution in [3.8, 4) is 22.8 Å². The quantitative estimate of drug-likeness (QED) is 0.509. The molecule has 0 spiro atoms. The average Bonchev–Trinajstić information content (AvgIpc) is 2.61. The van der Waals surface area contributed by atoms with Crippen molar-refractivity contribution in [2.75, 3.05) is 11.6 Å². The number of thioether (sulfide) groups is 1. The van der Waals surface area contributed by atoms with Gasteiger partial charge in [-0.25, -0.2) is 4.98 Å². The van der Waals surface area contributed by atoms with E-state index in [0.29, 0.717) is 5.88 Å². The molecule has 3 nitrogen and oxygen atoms in total. The standard InChI is InChI=1S/C17H14ClN3S/c18-7-10-22-13-11-16(14-5-1-3-8-19-14)21-17(12-13)15-6-2-4-9-20-15/h1-6,8-9,11-12H,7,10H2. The smallest absolute Gasteiger partial charge is 0.0905 e. The Morgan fingerprint density at radius 1 is 0.818 bits per heavy atom. The normalized spacial score (nSPS) is 10.6. The topological polar surface area (TPSA) is 38.7 Å². The lowest BCUT2D eigenvalue weighted by molar-refractivity contribution is 1.19. The van der Waals surface area contributed by atoms with E-state index in [4.69, 9.17) is 16.6 Å². The molecule has 3 heterocycles. The van der Waals surface area contributed by atoms with E-state index in [0.717, 1.165) is 33.4 Å². The Hall–Kier alpha value is -1.91. The van der Waals surface area contributed by atoms with Crippen molar-refractivity contribution >= 4 is 23.4 Å². The monoisotopic (exact) mass is 327 g/mol. The number of rotatable bonds is 5. The lowest BCUT2D eigenvalue weighted by atomic mass is 10.2. The van der Waals surface area contributed by atoms with Gasteiger partial charge in [-0.1, -0.05) is 12.1 Å². The van der Waals surface area contributed by atoms with E-state index >= 15 is 0 Å². The fourth-order valence-electron chi connectivity index (χ4n) is 2.04. The highest BCUT2D eigenvalue weighted by molar-refractivity contribution is 7.99. The first-order valence-electron chi connectivity index (χ1n) is 6.90. The van der Waals surface area contributed by atoms with Crippen LogP contribution >= 0.6 is 23.4 Å². The van der Waals surface area contributed by atoms with Crippen LogP contribution in [-0.4, -0.2) is 26.6 Å². The highest BCUT2D eigenvalue weighted by atomic mass is 35.5. The number of pyridine rings is 3. The molecule has 3 aromatic heterocycles. The van der Waals surface area contributed by atoms with Crippen molar-refractivity contribution in [1.29, 1.82) is 0 Å². The Morgan fingerprint density at radius 3 is 1.86 bits per heavy atom. The number of aromatic nitrogens is 3. The van der Waals surface area contributed by atoms with Crippen LogP contribution in [0.2, 0.25) is 0 Å². The van der Waals surface area contributed by atoms with Gasteiger partial charge >= 0.3 is 0 Å². The lowest BCUT2D eigenvalue weighted by Crippen LogP contribution is -1.93. The number of hydrogen-bond donors (Lipinski definition) is 0. The number of nitrogens with zero attached hydrogens (tertiary/aromatic N) is 3. The number of halogens is 1. The fraction of sp³-hybridized carbons (Fsp3) is 0.118. The van der Waals surface area contributed by atoms with Gasteiger partial charge in [-0.2, -0.15) is 0 Å². The van der Waals surface area contributed by atoms with E-state index in [9.17, 15) is 0 Å². The van der Waals surface area contributed by atoms with Gasteiger partial charge in [0.05, 0.1) is 22.8 Å². The highest BCUT2D eigenvalue weighted by Gasteiger charge is 2.08. The van der Waals surface area contributed by atoms with Crippen LogP contribution in [-0.2, 0) is 0 Å². The summed E-state index contributed by atoms with van der Waals surface area (Å²) in [6.07, 6.45) is 3.55. The SMILES string of the molecule is ClCCSc1cc(-c2ccccn2)nc(-c2ccccn2)c1. The Kier molecular flexibility index (Phi) is 5.03. The molecule has 0 aliphatic carbocycles. The predicted molar refractivity (Wildman–Crippen MR) is 92.1 cm³/mol. The summed E-state index contributed by atoms with van der Waals surface area (Å²) in [4.78, 5) is 14.6. The Labute approximate surface area is 138 Å². The summed E-state index contributed by atoms with van der Waals surface area (Å²) in [6.45, 7) is 0. The van der Waals surface area contributed by atoms with Crippen LogP contribution in [0.3, 0.4) is 0 Å². The van der Waals surface area contributed by atoms with Crippen LogP contribution in [0.25, 0.3) is 22.8 Å². The van der Waals surface area contributed by atoms with Crippen molar-refractivity contribution in [2.45, 2.75) is 4.90 Å². The van der Waals surface area contributed by atoms with Gasteiger partial charge in [-0.15, -0.1) is 23.4 Å². The lowest BCUT2D eigenvalue weighted by Gasteiger charge is -2.08. The van der Waals surface area contributed by atoms with Gasteiger partial charge in [0.2, 0.25) is 0 Å². The largest absolute Gasteiger partial charge is 0.255 e. The third-order valence-electron chi connectivity index (χ3n) is 3.00. The molecule has 3 rings (SSSR count). The van der Waals surface area contributed by atoms with Gasteiger partial charge < -0.3 is 0 Å². The summed E-state index contributed by atoms with van der Waals surface area (Å²) in [6, 6.07) is 15.7. The van der Waals surface area contributed by atoms with E-state index in [1.54, 1.807) is 24.2 Å². The molecule has 0 saturated carbocycles. The average molecular weight is 328 g/mol. The predicted octanol–water partition coefficient (Wildman–Crippen LogP) is 4.54. The second kappa shape index (κ2) is 7.38. The van der Waals surface area contributed by atoms with Crippen molar-refractivity contribution in [3.63, 3.8) is 0 Å². The second-order valence-corrected chi connectivity index (χ2v) is 6.09. The first kappa shape index (κ1) is 15.0. The molecule has 0 aromatic carbocycles. The second-order valence-electron chi connectivity index (χ2n) is 4.54. The molecule has 22 heavy (non-hydrogen) atoms. The minimum absolute atomic E-state index is 0.616. The van der Waals surface area contributed by atoms with Crippen molar-refractivity contribution in [2.24, 2.45) is 0 Å². The molecule has 0 atom stereocenters. The molecule has 0 saturated heterocycles. The maximum atomic E-state index is 5.80. The summed E-state index contributed by atoms with van der Waals surface area (Å²) >= 11 is 7.51. The molecular formula is C17H14ClN3S. The molecule has 0 aliphatic rings. The Morgan fingerprint density at radius 2 is 1.41 bits per heavy atom. The summed E-state index contributed by atoms with van der Waals surface area (Å²) < 4.78 is 0. The molecule has 0 amide bonds. The van der Waals surface area contributed by atoms with Gasteiger partial charge in [-0.3, -0.25) is 9.97 Å². The molecular weight excluding hydrogens is 314 g/mol. The fourth-order valence-corrected chi connectivity index (χ4v) is 2.97. The van der Waals surface area contributed by atoms with Crippen LogP contribution in [0.15, 0.2) is 65.8 Å². The van der Waals surface area contributed by atoms with Crippen LogP contribution < -0.4 is 0 Å². The molecule has 0 unspecified atom stereocenters. The van der Waals surface area contributed by atoms with Crippen LogP contribution in [0, 0.1) is 0 Å². The summed E-state index contributed by atoms with van der Waals surface area (Å²) in [7, 11) is 0. The maximum Gasteiger partial charge on any atom is 0.0905 e. The first-order valence-corrected chi connectivity index (χ1v) is 8.42. The van der Waals surface area contributed by atoms with E-state index in [1.165, 1.54) is 0 Å². The van der Waals surface area contributed by atoms with Gasteiger partial charge in [-0.05, 0) is 36.4 Å². The van der Waals surface area contributed by atoms with Crippen LogP contribution in [0.5, 0.6) is 0 Å². The minimum atomic E-state index is 0.616. The van der Waals surface area contributed by atoms with E-state index in [-0.39, 0.29) is 0 Å². The first-order chi connectivity index (χ1) is 10.9. The third-order valence-corrected chi connectivity index (χ3v) is 4.39. The molecule has 0 radical (unpaired) electrons. The molecule has 0 bridgehead atoms. The van der Waals surface area contributed by atoms with Crippen molar-refractivity contribution in [3.05, 3.63) is 60.9 Å². The van der Waals surface area contributed by atoms with Gasteiger partial charge in [0.15, 0.2) is 0 Å². The minimum Gasteiger partial charge on any atom is -0.255 e. The third kappa shape index (κ3) is 3.64. The molecule has 5 heteroatoms. The van der Waals surface area contributed by atoms with Gasteiger partial charge in [0.25, 0.3) is 0 Å². The number of hydrogen-bond acceptors (Lipinski definition) is 4. The molecule has 3 aromatic rings. The van der Waals surface area contributed by atoms with Gasteiger partial charge in [0, 0.05) is 28.9 Å². The van der Waals surface area contributed by atoms with Crippen LogP contribution in [0.4, 0.5) is 0 Å². The van der Waals surface area contributed by atoms with E-state index < -0.39 is 0 Å². The Balaban J connectivity index is 2.06. The summed E-state index contributed by atoms with van der Waals surface area (Å²) in [5.74, 6) is 1.47. The number of alkyl halides is 1. The van der Waals surface area contributed by atoms with Crippen molar-refractivity contribution < 1.29 is 0 Å². The van der Waals surface area contributed by atoms with E-state index in [1.807, 2.05) is 48.5 Å². The zero-order valence-electron chi connectivity index (χ0n) is 11.8. The van der Waals surface area contributed by atoms with Gasteiger partial charge in [0.1, 0.15) is 0 Å². The maximum absolute atomic E-state index is 5.80. The van der Waals surface area contributed by atoms with E-state index in [2.05, 4.69) is 9.97 Å². The molecule has 110 valence electrons. The molecule has 0 N–H and O–H groups in total. The summed E-state index contributed by atoms with van der Waals surface area (Å²) in [5.41, 5.74) is 3.41. The molecule has 0 fully saturated rings. The summed E-state index contributed by atoms with van der Waals surface area (Å²) in [5, 5.41) is 0. The highest BCUT2D eigenvalue weighted by Crippen LogP contribution is 2.28. The van der Waals surface area contributed by atoms with Crippen LogP contribution in [0.1, 0.15) is 0 Å². The van der Waals surface area contributed by atoms with Crippen molar-refractivity contribution in [1.82, 2.24) is 15.0 Å². The zero-order valence-corrected chi connectivity index (χ0v) is 13.4.